The third-order valence-corrected chi connectivity index (χ3v) is 1.49. The van der Waals surface area contributed by atoms with Crippen LogP contribution in [-0.4, -0.2) is 12.6 Å². The second-order valence-corrected chi connectivity index (χ2v) is 2.24. The second kappa shape index (κ2) is 1.45. The van der Waals surface area contributed by atoms with Crippen molar-refractivity contribution in [1.82, 2.24) is 5.48 Å². The molecule has 1 heterocycles. The number of hydrogen-bond donors (Lipinski definition) is 1. The molecule has 0 amide bonds. The van der Waals surface area contributed by atoms with E-state index in [0.29, 0.717) is 5.92 Å². The van der Waals surface area contributed by atoms with Crippen LogP contribution in [0, 0.1) is 5.92 Å². The van der Waals surface area contributed by atoms with Gasteiger partial charge < -0.3 is 0 Å². The maximum atomic E-state index is 5.00. The van der Waals surface area contributed by atoms with E-state index in [0.717, 1.165) is 0 Å². The van der Waals surface area contributed by atoms with Crippen molar-refractivity contribution in [2.24, 2.45) is 10.9 Å². The van der Waals surface area contributed by atoms with Gasteiger partial charge in [0.2, 0.25) is 0 Å². The highest BCUT2D eigenvalue weighted by atomic mass is 16.7. The predicted molar refractivity (Wildman–Crippen MR) is 29.2 cm³/mol. The molecule has 0 saturated heterocycles. The van der Waals surface area contributed by atoms with Crippen LogP contribution >= 0.6 is 0 Å². The summed E-state index contributed by atoms with van der Waals surface area (Å²) in [7, 11) is 0. The van der Waals surface area contributed by atoms with Crippen LogP contribution < -0.4 is 5.48 Å². The Hall–Kier alpha value is -0.570. The van der Waals surface area contributed by atoms with E-state index in [2.05, 4.69) is 10.5 Å². The van der Waals surface area contributed by atoms with Gasteiger partial charge in [-0.15, -0.1) is 0 Å². The molecule has 8 heavy (non-hydrogen) atoms. The topological polar surface area (TPSA) is 33.6 Å². The minimum atomic E-state index is 0.134. The van der Waals surface area contributed by atoms with Gasteiger partial charge in [-0.1, -0.05) is 0 Å². The summed E-state index contributed by atoms with van der Waals surface area (Å²) in [5.41, 5.74) is 2.60. The van der Waals surface area contributed by atoms with E-state index in [-0.39, 0.29) is 6.23 Å². The largest absolute Gasteiger partial charge is 0.254 e. The molecule has 0 bridgehead atoms. The molecule has 0 aromatic heterocycles. The Labute approximate surface area is 47.7 Å². The van der Waals surface area contributed by atoms with Crippen molar-refractivity contribution in [2.45, 2.75) is 19.1 Å². The first-order valence-corrected chi connectivity index (χ1v) is 2.89. The van der Waals surface area contributed by atoms with Gasteiger partial charge in [-0.3, -0.25) is 5.48 Å². The van der Waals surface area contributed by atoms with E-state index in [4.69, 9.17) is 4.84 Å². The molecule has 1 aliphatic carbocycles. The highest BCUT2D eigenvalue weighted by Crippen LogP contribution is 2.34. The van der Waals surface area contributed by atoms with Gasteiger partial charge in [0.25, 0.3) is 0 Å². The molecule has 0 aromatic rings. The molecule has 1 atom stereocenters. The van der Waals surface area contributed by atoms with Gasteiger partial charge in [0.15, 0.2) is 6.23 Å². The van der Waals surface area contributed by atoms with Crippen LogP contribution in [0.4, 0.5) is 0 Å². The molecule has 1 saturated carbocycles. The predicted octanol–water partition coefficient (Wildman–Crippen LogP) is 0.286. The van der Waals surface area contributed by atoms with Crippen LogP contribution in [0.5, 0.6) is 0 Å². The molecule has 0 spiro atoms. The van der Waals surface area contributed by atoms with Crippen LogP contribution in [0.25, 0.3) is 0 Å². The quantitative estimate of drug-likeness (QED) is 0.528. The monoisotopic (exact) mass is 112 g/mol. The lowest BCUT2D eigenvalue weighted by Gasteiger charge is -2.00. The Morgan fingerprint density at radius 3 is 3.00 bits per heavy atom. The summed E-state index contributed by atoms with van der Waals surface area (Å²) in [5, 5.41) is 0. The Balaban J connectivity index is 1.95. The van der Waals surface area contributed by atoms with Crippen molar-refractivity contribution >= 4 is 6.34 Å². The molecule has 44 valence electrons. The molecule has 0 aromatic carbocycles. The molecule has 3 nitrogen and oxygen atoms in total. The summed E-state index contributed by atoms with van der Waals surface area (Å²) >= 11 is 0. The lowest BCUT2D eigenvalue weighted by Crippen LogP contribution is -2.12. The zero-order chi connectivity index (χ0) is 5.40. The highest BCUT2D eigenvalue weighted by molar-refractivity contribution is 5.54. The SMILES string of the molecule is C1=NC(C2CC2)ON1. The number of nitrogens with zero attached hydrogens (tertiary/aromatic N) is 1. The van der Waals surface area contributed by atoms with Gasteiger partial charge in [0.05, 0.1) is 0 Å². The maximum absolute atomic E-state index is 5.00. The zero-order valence-electron chi connectivity index (χ0n) is 4.50. The smallest absolute Gasteiger partial charge is 0.179 e. The molecule has 1 N–H and O–H groups in total. The van der Waals surface area contributed by atoms with E-state index in [1.807, 2.05) is 0 Å². The molecule has 2 aliphatic rings. The van der Waals surface area contributed by atoms with Crippen LogP contribution in [0.15, 0.2) is 4.99 Å². The lowest BCUT2D eigenvalue weighted by atomic mass is 10.4. The number of rotatable bonds is 1. The first kappa shape index (κ1) is 4.32. The fourth-order valence-electron chi connectivity index (χ4n) is 0.834. The van der Waals surface area contributed by atoms with E-state index < -0.39 is 0 Å². The van der Waals surface area contributed by atoms with Gasteiger partial charge in [0, 0.05) is 5.92 Å². The van der Waals surface area contributed by atoms with E-state index >= 15 is 0 Å². The van der Waals surface area contributed by atoms with Crippen molar-refractivity contribution < 1.29 is 4.84 Å². The fraction of sp³-hybridized carbons (Fsp3) is 0.800. The van der Waals surface area contributed by atoms with Crippen molar-refractivity contribution in [1.29, 1.82) is 0 Å². The molecule has 0 radical (unpaired) electrons. The summed E-state index contributed by atoms with van der Waals surface area (Å²) in [6, 6.07) is 0. The van der Waals surface area contributed by atoms with Gasteiger partial charge in [-0.2, -0.15) is 0 Å². The molecule has 1 unspecified atom stereocenters. The summed E-state index contributed by atoms with van der Waals surface area (Å²) in [6.07, 6.45) is 4.31. The Morgan fingerprint density at radius 2 is 2.50 bits per heavy atom. The van der Waals surface area contributed by atoms with Gasteiger partial charge >= 0.3 is 0 Å². The summed E-state index contributed by atoms with van der Waals surface area (Å²) in [5.74, 6) is 0.709. The van der Waals surface area contributed by atoms with E-state index in [9.17, 15) is 0 Å². The van der Waals surface area contributed by atoms with Gasteiger partial charge in [-0.25, -0.2) is 9.83 Å². The van der Waals surface area contributed by atoms with Crippen molar-refractivity contribution in [3.63, 3.8) is 0 Å². The number of nitrogens with one attached hydrogen (secondary N) is 1. The van der Waals surface area contributed by atoms with Crippen molar-refractivity contribution in [3.05, 3.63) is 0 Å². The van der Waals surface area contributed by atoms with Crippen LogP contribution in [0.2, 0.25) is 0 Å². The lowest BCUT2D eigenvalue weighted by molar-refractivity contribution is 0.0260. The Morgan fingerprint density at radius 1 is 1.62 bits per heavy atom. The molecule has 3 heteroatoms. The van der Waals surface area contributed by atoms with Crippen LogP contribution in [0.1, 0.15) is 12.8 Å². The molecule has 1 fully saturated rings. The average Bonchev–Trinajstić information content (AvgIpc) is 2.49. The summed E-state index contributed by atoms with van der Waals surface area (Å²) < 4.78 is 0. The normalized spacial score (nSPS) is 35.2. The van der Waals surface area contributed by atoms with Gasteiger partial charge in [0.1, 0.15) is 6.34 Å². The molecular formula is C5H8N2O. The minimum absolute atomic E-state index is 0.134. The van der Waals surface area contributed by atoms with E-state index in [1.54, 1.807) is 6.34 Å². The number of hydrogen-bond acceptors (Lipinski definition) is 3. The summed E-state index contributed by atoms with van der Waals surface area (Å²) in [4.78, 5) is 9.04. The Kier molecular flexibility index (Phi) is 0.784. The Bertz CT molecular complexity index is 120. The zero-order valence-corrected chi connectivity index (χ0v) is 4.50. The first-order valence-electron chi connectivity index (χ1n) is 2.89. The minimum Gasteiger partial charge on any atom is -0.254 e. The average molecular weight is 112 g/mol. The maximum Gasteiger partial charge on any atom is 0.179 e. The summed E-state index contributed by atoms with van der Waals surface area (Å²) in [6.45, 7) is 0. The van der Waals surface area contributed by atoms with Crippen molar-refractivity contribution in [2.75, 3.05) is 0 Å². The molecule has 1 aliphatic heterocycles. The number of hydroxylamine groups is 1. The van der Waals surface area contributed by atoms with E-state index in [1.165, 1.54) is 12.8 Å². The first-order chi connectivity index (χ1) is 3.97. The second-order valence-electron chi connectivity index (χ2n) is 2.24. The third-order valence-electron chi connectivity index (χ3n) is 1.49. The highest BCUT2D eigenvalue weighted by Gasteiger charge is 2.33. The number of aliphatic imine (C=N–C) groups is 1. The van der Waals surface area contributed by atoms with Crippen LogP contribution in [-0.2, 0) is 4.84 Å². The van der Waals surface area contributed by atoms with Gasteiger partial charge in [-0.05, 0) is 12.8 Å². The third kappa shape index (κ3) is 0.591. The standard InChI is InChI=1S/C5H8N2O/c1-2-4(1)5-6-3-7-8-5/h3-5H,1-2H2,(H,6,7). The fourth-order valence-corrected chi connectivity index (χ4v) is 0.834. The van der Waals surface area contributed by atoms with Crippen LogP contribution in [0.3, 0.4) is 0 Å². The van der Waals surface area contributed by atoms with Crippen molar-refractivity contribution in [3.8, 4) is 0 Å². The molecular weight excluding hydrogens is 104 g/mol. The molecule has 2 rings (SSSR count).